The molecule has 1 atom stereocenters. The topological polar surface area (TPSA) is 59.1 Å². The quantitative estimate of drug-likeness (QED) is 0.656. The van der Waals surface area contributed by atoms with Gasteiger partial charge in [-0.05, 0) is 44.2 Å². The molecule has 0 aromatic heterocycles. The Morgan fingerprint density at radius 3 is 2.66 bits per heavy atom. The van der Waals surface area contributed by atoms with Crippen molar-refractivity contribution in [3.63, 3.8) is 0 Å². The van der Waals surface area contributed by atoms with Crippen LogP contribution in [-0.2, 0) is 25.5 Å². The Hall–Kier alpha value is -1.92. The molecule has 2 saturated heterocycles. The number of hydrogen-bond donors (Lipinski definition) is 0. The molecule has 1 aromatic rings. The second-order valence-corrected chi connectivity index (χ2v) is 8.23. The predicted octanol–water partition coefficient (Wildman–Crippen LogP) is 2.43. The number of amides is 1. The van der Waals surface area contributed by atoms with E-state index in [-0.39, 0.29) is 11.9 Å². The fourth-order valence-corrected chi connectivity index (χ4v) is 4.42. The van der Waals surface area contributed by atoms with Crippen LogP contribution >= 0.6 is 0 Å². The maximum absolute atomic E-state index is 13.0. The molecule has 0 N–H and O–H groups in total. The minimum atomic E-state index is -0.658. The maximum atomic E-state index is 13.0. The Bertz CT molecular complexity index is 702. The molecule has 0 unspecified atom stereocenters. The van der Waals surface area contributed by atoms with Crippen molar-refractivity contribution in [1.82, 2.24) is 9.80 Å². The molecule has 0 spiro atoms. The number of piperidine rings is 1. The first-order valence-corrected chi connectivity index (χ1v) is 10.8. The third kappa shape index (κ3) is 5.58. The molecule has 6 heteroatoms. The molecule has 2 aliphatic rings. The number of carbonyl (C=O) groups is 2. The molecule has 2 fully saturated rings. The van der Waals surface area contributed by atoms with Gasteiger partial charge in [0.25, 0.3) is 0 Å². The highest BCUT2D eigenvalue weighted by Crippen LogP contribution is 2.36. The Morgan fingerprint density at radius 1 is 1.17 bits per heavy atom. The molecule has 1 aromatic carbocycles. The standard InChI is InChI=1S/C23H34N2O4/c1-3-29-22(27)23(17-20-8-5-4-7-19(20)2)10-6-11-25(18-23)21(26)9-12-24-13-15-28-16-14-24/h4-5,7-8H,3,6,9-18H2,1-2H3/t23-/m0/s1. The van der Waals surface area contributed by atoms with Crippen LogP contribution < -0.4 is 0 Å². The molecule has 160 valence electrons. The van der Waals surface area contributed by atoms with E-state index in [0.29, 0.717) is 26.0 Å². The smallest absolute Gasteiger partial charge is 0.314 e. The van der Waals surface area contributed by atoms with E-state index in [1.807, 2.05) is 24.0 Å². The van der Waals surface area contributed by atoms with E-state index in [0.717, 1.165) is 57.8 Å². The summed E-state index contributed by atoms with van der Waals surface area (Å²) >= 11 is 0. The van der Waals surface area contributed by atoms with Crippen LogP contribution in [0.1, 0.15) is 37.3 Å². The molecule has 3 rings (SSSR count). The lowest BCUT2D eigenvalue weighted by Crippen LogP contribution is -2.52. The number of hydrogen-bond acceptors (Lipinski definition) is 5. The summed E-state index contributed by atoms with van der Waals surface area (Å²) < 4.78 is 10.9. The lowest BCUT2D eigenvalue weighted by atomic mass is 9.74. The summed E-state index contributed by atoms with van der Waals surface area (Å²) in [4.78, 5) is 30.1. The van der Waals surface area contributed by atoms with Crippen molar-refractivity contribution >= 4 is 11.9 Å². The highest BCUT2D eigenvalue weighted by molar-refractivity contribution is 5.81. The number of morpholine rings is 1. The summed E-state index contributed by atoms with van der Waals surface area (Å²) in [6.45, 7) is 9.43. The number of benzene rings is 1. The summed E-state index contributed by atoms with van der Waals surface area (Å²) in [5.74, 6) is -0.0384. The van der Waals surface area contributed by atoms with Crippen molar-refractivity contribution in [2.45, 2.75) is 39.5 Å². The molecular formula is C23H34N2O4. The number of likely N-dealkylation sites (tertiary alicyclic amines) is 1. The minimum Gasteiger partial charge on any atom is -0.466 e. The lowest BCUT2D eigenvalue weighted by molar-refractivity contribution is -0.160. The zero-order chi connectivity index (χ0) is 20.7. The molecule has 0 bridgehead atoms. The monoisotopic (exact) mass is 402 g/mol. The van der Waals surface area contributed by atoms with Crippen molar-refractivity contribution in [3.05, 3.63) is 35.4 Å². The number of aryl methyl sites for hydroxylation is 1. The summed E-state index contributed by atoms with van der Waals surface area (Å²) in [5, 5.41) is 0. The highest BCUT2D eigenvalue weighted by Gasteiger charge is 2.44. The maximum Gasteiger partial charge on any atom is 0.314 e. The first-order chi connectivity index (χ1) is 14.0. The fraction of sp³-hybridized carbons (Fsp3) is 0.652. The van der Waals surface area contributed by atoms with Gasteiger partial charge in [-0.3, -0.25) is 14.5 Å². The number of rotatable bonds is 7. The number of ether oxygens (including phenoxy) is 2. The van der Waals surface area contributed by atoms with Crippen LogP contribution in [0.25, 0.3) is 0 Å². The summed E-state index contributed by atoms with van der Waals surface area (Å²) in [7, 11) is 0. The molecule has 1 amide bonds. The largest absolute Gasteiger partial charge is 0.466 e. The van der Waals surface area contributed by atoms with E-state index in [1.165, 1.54) is 5.56 Å². The van der Waals surface area contributed by atoms with Crippen molar-refractivity contribution in [3.8, 4) is 0 Å². The second-order valence-electron chi connectivity index (χ2n) is 8.23. The fourth-order valence-electron chi connectivity index (χ4n) is 4.42. The molecular weight excluding hydrogens is 368 g/mol. The van der Waals surface area contributed by atoms with Crippen LogP contribution in [0.4, 0.5) is 0 Å². The summed E-state index contributed by atoms with van der Waals surface area (Å²) in [5.41, 5.74) is 1.67. The number of carbonyl (C=O) groups excluding carboxylic acids is 2. The van der Waals surface area contributed by atoms with Crippen molar-refractivity contribution in [2.24, 2.45) is 5.41 Å². The van der Waals surface area contributed by atoms with Crippen LogP contribution in [0.15, 0.2) is 24.3 Å². The highest BCUT2D eigenvalue weighted by atomic mass is 16.5. The normalized spacial score (nSPS) is 23.0. The average molecular weight is 403 g/mol. The van der Waals surface area contributed by atoms with Crippen LogP contribution in [0.3, 0.4) is 0 Å². The Morgan fingerprint density at radius 2 is 1.93 bits per heavy atom. The van der Waals surface area contributed by atoms with Gasteiger partial charge in [-0.1, -0.05) is 24.3 Å². The van der Waals surface area contributed by atoms with Gasteiger partial charge in [-0.2, -0.15) is 0 Å². The van der Waals surface area contributed by atoms with E-state index < -0.39 is 5.41 Å². The number of nitrogens with zero attached hydrogens (tertiary/aromatic N) is 2. The zero-order valence-corrected chi connectivity index (χ0v) is 17.8. The van der Waals surface area contributed by atoms with Gasteiger partial charge in [0.2, 0.25) is 5.91 Å². The third-order valence-electron chi connectivity index (χ3n) is 6.17. The van der Waals surface area contributed by atoms with Gasteiger partial charge in [0.1, 0.15) is 0 Å². The van der Waals surface area contributed by atoms with Crippen molar-refractivity contribution in [2.75, 3.05) is 52.5 Å². The second kappa shape index (κ2) is 10.2. The van der Waals surface area contributed by atoms with Gasteiger partial charge in [0, 0.05) is 39.1 Å². The SMILES string of the molecule is CCOC(=O)[C@]1(Cc2ccccc2C)CCCN(C(=O)CCN2CCOCC2)C1. The summed E-state index contributed by atoms with van der Waals surface area (Å²) in [6, 6.07) is 8.17. The van der Waals surface area contributed by atoms with E-state index in [4.69, 9.17) is 9.47 Å². The van der Waals surface area contributed by atoms with Crippen LogP contribution in [0, 0.1) is 12.3 Å². The Kier molecular flexibility index (Phi) is 7.67. The third-order valence-corrected chi connectivity index (χ3v) is 6.17. The molecule has 0 saturated carbocycles. The Labute approximate surface area is 174 Å². The molecule has 29 heavy (non-hydrogen) atoms. The molecule has 2 aliphatic heterocycles. The van der Waals surface area contributed by atoms with E-state index in [2.05, 4.69) is 24.0 Å². The van der Waals surface area contributed by atoms with Gasteiger partial charge >= 0.3 is 5.97 Å². The number of esters is 1. The van der Waals surface area contributed by atoms with Crippen molar-refractivity contribution < 1.29 is 19.1 Å². The average Bonchev–Trinajstić information content (AvgIpc) is 2.75. The summed E-state index contributed by atoms with van der Waals surface area (Å²) in [6.07, 6.45) is 2.69. The van der Waals surface area contributed by atoms with Crippen LogP contribution in [0.2, 0.25) is 0 Å². The van der Waals surface area contributed by atoms with Gasteiger partial charge in [0.15, 0.2) is 0 Å². The minimum absolute atomic E-state index is 0.134. The first-order valence-electron chi connectivity index (χ1n) is 10.8. The zero-order valence-electron chi connectivity index (χ0n) is 17.8. The van der Waals surface area contributed by atoms with E-state index in [9.17, 15) is 9.59 Å². The Balaban J connectivity index is 1.70. The van der Waals surface area contributed by atoms with Crippen molar-refractivity contribution in [1.29, 1.82) is 0 Å². The van der Waals surface area contributed by atoms with Gasteiger partial charge < -0.3 is 14.4 Å². The van der Waals surface area contributed by atoms with E-state index >= 15 is 0 Å². The van der Waals surface area contributed by atoms with Gasteiger partial charge in [-0.15, -0.1) is 0 Å². The predicted molar refractivity (Wildman–Crippen MR) is 112 cm³/mol. The van der Waals surface area contributed by atoms with E-state index in [1.54, 1.807) is 0 Å². The van der Waals surface area contributed by atoms with Gasteiger partial charge in [-0.25, -0.2) is 0 Å². The molecule has 0 radical (unpaired) electrons. The molecule has 2 heterocycles. The van der Waals surface area contributed by atoms with Crippen LogP contribution in [0.5, 0.6) is 0 Å². The first kappa shape index (κ1) is 21.8. The lowest BCUT2D eigenvalue weighted by Gasteiger charge is -2.41. The molecule has 6 nitrogen and oxygen atoms in total. The van der Waals surface area contributed by atoms with Gasteiger partial charge in [0.05, 0.1) is 25.2 Å². The molecule has 0 aliphatic carbocycles. The van der Waals surface area contributed by atoms with Crippen LogP contribution in [-0.4, -0.2) is 74.2 Å².